The van der Waals surface area contributed by atoms with Gasteiger partial charge in [0.05, 0.1) is 6.54 Å². The van der Waals surface area contributed by atoms with E-state index in [0.717, 1.165) is 23.9 Å². The van der Waals surface area contributed by atoms with Crippen molar-refractivity contribution in [3.05, 3.63) is 16.1 Å². The van der Waals surface area contributed by atoms with Gasteiger partial charge in [-0.25, -0.2) is 9.78 Å². The number of aromatic nitrogens is 1. The van der Waals surface area contributed by atoms with E-state index in [0.29, 0.717) is 12.5 Å². The fourth-order valence-electron chi connectivity index (χ4n) is 2.49. The first-order valence-corrected chi connectivity index (χ1v) is 10.2. The third-order valence-corrected chi connectivity index (χ3v) is 4.84. The van der Waals surface area contributed by atoms with E-state index in [4.69, 9.17) is 4.74 Å². The number of nitrogens with zero attached hydrogens (tertiary/aromatic N) is 3. The number of hydrogen-bond acceptors (Lipinski definition) is 5. The molecule has 0 spiro atoms. The van der Waals surface area contributed by atoms with Crippen molar-refractivity contribution in [1.29, 1.82) is 0 Å². The molecule has 1 heterocycles. The molecule has 1 aromatic rings. The summed E-state index contributed by atoms with van der Waals surface area (Å²) in [6.07, 6.45) is 2.30. The maximum absolute atomic E-state index is 12.1. The molecular formula is C19H35N5O2S. The molecule has 0 fully saturated rings. The van der Waals surface area contributed by atoms with Crippen LogP contribution in [0, 0.1) is 12.8 Å². The number of aliphatic imine (C=N–C) groups is 1. The van der Waals surface area contributed by atoms with Gasteiger partial charge in [0.25, 0.3) is 0 Å². The Morgan fingerprint density at radius 1 is 1.41 bits per heavy atom. The number of nitrogens with one attached hydrogen (secondary N) is 2. The third-order valence-electron chi connectivity index (χ3n) is 3.92. The second-order valence-electron chi connectivity index (χ2n) is 7.97. The molecule has 0 aliphatic heterocycles. The first-order valence-electron chi connectivity index (χ1n) is 9.34. The number of amides is 1. The summed E-state index contributed by atoms with van der Waals surface area (Å²) in [5.74, 6) is 1.11. The summed E-state index contributed by atoms with van der Waals surface area (Å²) in [5.41, 5.74) is -0.497. The van der Waals surface area contributed by atoms with Crippen molar-refractivity contribution in [3.63, 3.8) is 0 Å². The Morgan fingerprint density at radius 2 is 2.07 bits per heavy atom. The molecule has 0 aromatic carbocycles. The molecule has 8 heteroatoms. The van der Waals surface area contributed by atoms with Gasteiger partial charge in [-0.15, -0.1) is 11.3 Å². The summed E-state index contributed by atoms with van der Waals surface area (Å²) >= 11 is 1.68. The Balaban J connectivity index is 2.53. The summed E-state index contributed by atoms with van der Waals surface area (Å²) in [6.45, 7) is 13.2. The van der Waals surface area contributed by atoms with Crippen LogP contribution in [0.3, 0.4) is 0 Å². The van der Waals surface area contributed by atoms with Crippen LogP contribution in [0.25, 0.3) is 0 Å². The van der Waals surface area contributed by atoms with E-state index in [9.17, 15) is 4.79 Å². The van der Waals surface area contributed by atoms with Crippen LogP contribution in [0.5, 0.6) is 0 Å². The highest BCUT2D eigenvalue weighted by atomic mass is 32.1. The molecule has 1 atom stereocenters. The number of carbonyl (C=O) groups is 1. The lowest BCUT2D eigenvalue weighted by Gasteiger charge is -2.28. The number of hydrogen-bond donors (Lipinski definition) is 2. The number of ether oxygens (including phenoxy) is 1. The molecule has 0 aliphatic carbocycles. The number of rotatable bonds is 7. The molecule has 27 heavy (non-hydrogen) atoms. The van der Waals surface area contributed by atoms with E-state index in [2.05, 4.69) is 39.4 Å². The lowest BCUT2D eigenvalue weighted by molar-refractivity contribution is 0.0486. The first-order chi connectivity index (χ1) is 12.5. The van der Waals surface area contributed by atoms with Crippen LogP contribution < -0.4 is 10.6 Å². The van der Waals surface area contributed by atoms with Crippen LogP contribution in [-0.4, -0.2) is 54.2 Å². The van der Waals surface area contributed by atoms with Gasteiger partial charge in [-0.3, -0.25) is 4.99 Å². The Kier molecular flexibility index (Phi) is 9.02. The SMILES string of the molecule is CN=C(NCc1ncc(C)s1)N(C)CCC(NC(=O)OC(C)(C)C)C(C)C. The van der Waals surface area contributed by atoms with Crippen molar-refractivity contribution in [3.8, 4) is 0 Å². The highest BCUT2D eigenvalue weighted by molar-refractivity contribution is 7.11. The first kappa shape index (κ1) is 23.2. The van der Waals surface area contributed by atoms with Gasteiger partial charge >= 0.3 is 6.09 Å². The molecule has 1 rings (SSSR count). The van der Waals surface area contributed by atoms with E-state index >= 15 is 0 Å². The molecule has 0 bridgehead atoms. The molecule has 0 saturated heterocycles. The predicted octanol–water partition coefficient (Wildman–Crippen LogP) is 3.40. The van der Waals surface area contributed by atoms with Crippen molar-refractivity contribution in [2.75, 3.05) is 20.6 Å². The number of guanidine groups is 1. The Labute approximate surface area is 167 Å². The molecule has 1 amide bonds. The number of aryl methyl sites for hydroxylation is 1. The quantitative estimate of drug-likeness (QED) is 0.545. The highest BCUT2D eigenvalue weighted by Crippen LogP contribution is 2.12. The zero-order chi connectivity index (χ0) is 20.6. The number of alkyl carbamates (subject to hydrolysis) is 1. The standard InChI is InChI=1S/C19H35N5O2S/c1-13(2)15(23-18(25)26-19(4,5)6)9-10-24(8)17(20-7)22-12-16-21-11-14(3)27-16/h11,13,15H,9-10,12H2,1-8H3,(H,20,22)(H,23,25). The molecule has 154 valence electrons. The minimum Gasteiger partial charge on any atom is -0.444 e. The van der Waals surface area contributed by atoms with Gasteiger partial charge in [0.2, 0.25) is 0 Å². The fraction of sp³-hybridized carbons (Fsp3) is 0.737. The molecule has 0 aliphatic rings. The van der Waals surface area contributed by atoms with E-state index in [-0.39, 0.29) is 12.1 Å². The molecular weight excluding hydrogens is 362 g/mol. The van der Waals surface area contributed by atoms with Crippen LogP contribution in [-0.2, 0) is 11.3 Å². The summed E-state index contributed by atoms with van der Waals surface area (Å²) in [6, 6.07) is 0.0296. The van der Waals surface area contributed by atoms with Gasteiger partial charge in [-0.1, -0.05) is 13.8 Å². The summed E-state index contributed by atoms with van der Waals surface area (Å²) in [5, 5.41) is 7.36. The van der Waals surface area contributed by atoms with E-state index < -0.39 is 5.60 Å². The smallest absolute Gasteiger partial charge is 0.407 e. The topological polar surface area (TPSA) is 78.9 Å². The van der Waals surface area contributed by atoms with Gasteiger partial charge in [-0.2, -0.15) is 0 Å². The minimum atomic E-state index is -0.497. The maximum Gasteiger partial charge on any atom is 0.407 e. The highest BCUT2D eigenvalue weighted by Gasteiger charge is 2.22. The molecule has 0 saturated carbocycles. The Bertz CT molecular complexity index is 622. The van der Waals surface area contributed by atoms with Crippen molar-refractivity contribution >= 4 is 23.4 Å². The largest absolute Gasteiger partial charge is 0.444 e. The van der Waals surface area contributed by atoms with Gasteiger partial charge in [0, 0.05) is 37.8 Å². The van der Waals surface area contributed by atoms with E-state index in [1.165, 1.54) is 4.88 Å². The Morgan fingerprint density at radius 3 is 2.56 bits per heavy atom. The van der Waals surface area contributed by atoms with Crippen molar-refractivity contribution in [1.82, 2.24) is 20.5 Å². The van der Waals surface area contributed by atoms with Gasteiger partial charge in [0.1, 0.15) is 10.6 Å². The van der Waals surface area contributed by atoms with Crippen molar-refractivity contribution in [2.24, 2.45) is 10.9 Å². The van der Waals surface area contributed by atoms with Crippen LogP contribution in [0.15, 0.2) is 11.2 Å². The van der Waals surface area contributed by atoms with Crippen LogP contribution in [0.2, 0.25) is 0 Å². The zero-order valence-electron chi connectivity index (χ0n) is 17.9. The predicted molar refractivity (Wildman–Crippen MR) is 112 cm³/mol. The summed E-state index contributed by atoms with van der Waals surface area (Å²) in [7, 11) is 3.76. The second kappa shape index (κ2) is 10.5. The van der Waals surface area contributed by atoms with Crippen LogP contribution in [0.4, 0.5) is 4.79 Å². The minimum absolute atomic E-state index is 0.0296. The van der Waals surface area contributed by atoms with Crippen molar-refractivity contribution < 1.29 is 9.53 Å². The second-order valence-corrected chi connectivity index (χ2v) is 9.29. The van der Waals surface area contributed by atoms with Gasteiger partial charge in [0.15, 0.2) is 5.96 Å². The van der Waals surface area contributed by atoms with Crippen LogP contribution in [0.1, 0.15) is 50.9 Å². The summed E-state index contributed by atoms with van der Waals surface area (Å²) < 4.78 is 5.38. The number of thiazole rings is 1. The lowest BCUT2D eigenvalue weighted by Crippen LogP contribution is -2.45. The molecule has 2 N–H and O–H groups in total. The van der Waals surface area contributed by atoms with Crippen molar-refractivity contribution in [2.45, 2.75) is 66.2 Å². The fourth-order valence-corrected chi connectivity index (χ4v) is 3.22. The molecule has 7 nitrogen and oxygen atoms in total. The average Bonchev–Trinajstić information content (AvgIpc) is 2.95. The summed E-state index contributed by atoms with van der Waals surface area (Å²) in [4.78, 5) is 24.0. The average molecular weight is 398 g/mol. The molecule has 1 unspecified atom stereocenters. The lowest BCUT2D eigenvalue weighted by atomic mass is 10.0. The Hall–Kier alpha value is -1.83. The molecule has 0 radical (unpaired) electrons. The maximum atomic E-state index is 12.1. The normalized spacial score (nSPS) is 13.4. The van der Waals surface area contributed by atoms with E-state index in [1.807, 2.05) is 40.9 Å². The monoisotopic (exact) mass is 397 g/mol. The van der Waals surface area contributed by atoms with Gasteiger partial charge in [-0.05, 0) is 40.0 Å². The molecule has 1 aromatic heterocycles. The van der Waals surface area contributed by atoms with E-state index in [1.54, 1.807) is 18.4 Å². The number of carbonyl (C=O) groups excluding carboxylic acids is 1. The third kappa shape index (κ3) is 9.08. The van der Waals surface area contributed by atoms with Gasteiger partial charge < -0.3 is 20.3 Å². The van der Waals surface area contributed by atoms with Crippen LogP contribution >= 0.6 is 11.3 Å². The zero-order valence-corrected chi connectivity index (χ0v) is 18.7.